The summed E-state index contributed by atoms with van der Waals surface area (Å²) in [6.45, 7) is 9.76. The van der Waals surface area contributed by atoms with Crippen LogP contribution in [0, 0.1) is 6.92 Å². The van der Waals surface area contributed by atoms with Crippen molar-refractivity contribution in [2.75, 3.05) is 26.4 Å². The summed E-state index contributed by atoms with van der Waals surface area (Å²) in [7, 11) is 0. The van der Waals surface area contributed by atoms with Crippen LogP contribution in [0.25, 0.3) is 0 Å². The summed E-state index contributed by atoms with van der Waals surface area (Å²) in [6, 6.07) is 8.57. The van der Waals surface area contributed by atoms with Crippen LogP contribution in [0.4, 0.5) is 0 Å². The van der Waals surface area contributed by atoms with Crippen LogP contribution in [0.2, 0.25) is 0 Å². The Bertz CT molecular complexity index is 355. The molecule has 0 bridgehead atoms. The summed E-state index contributed by atoms with van der Waals surface area (Å²) in [5.74, 6) is 0.953. The molecule has 0 amide bonds. The fourth-order valence-electron chi connectivity index (χ4n) is 1.99. The lowest BCUT2D eigenvalue weighted by atomic mass is 10.2. The summed E-state index contributed by atoms with van der Waals surface area (Å²) in [4.78, 5) is 0. The number of aryl methyl sites for hydroxylation is 1. The van der Waals surface area contributed by atoms with E-state index in [0.29, 0.717) is 6.04 Å². The van der Waals surface area contributed by atoms with Crippen LogP contribution < -0.4 is 10.1 Å². The van der Waals surface area contributed by atoms with E-state index in [-0.39, 0.29) is 0 Å². The molecule has 0 heterocycles. The maximum atomic E-state index is 5.81. The van der Waals surface area contributed by atoms with E-state index in [1.54, 1.807) is 0 Å². The van der Waals surface area contributed by atoms with Gasteiger partial charge in [-0.25, -0.2) is 0 Å². The van der Waals surface area contributed by atoms with E-state index in [1.165, 1.54) is 5.56 Å². The zero-order valence-corrected chi connectivity index (χ0v) is 13.2. The molecule has 1 rings (SSSR count). The molecule has 1 aromatic carbocycles. The maximum Gasteiger partial charge on any atom is 0.119 e. The molecule has 0 aromatic heterocycles. The molecule has 0 fully saturated rings. The molecule has 0 saturated carbocycles. The zero-order valence-electron chi connectivity index (χ0n) is 13.2. The highest BCUT2D eigenvalue weighted by atomic mass is 16.5. The molecule has 0 aliphatic heterocycles. The van der Waals surface area contributed by atoms with Crippen LogP contribution in [0.1, 0.15) is 38.7 Å². The molecule has 1 unspecified atom stereocenters. The molecule has 0 spiro atoms. The number of rotatable bonds is 11. The monoisotopic (exact) mass is 279 g/mol. The minimum atomic E-state index is 0.381. The third-order valence-corrected chi connectivity index (χ3v) is 3.08. The van der Waals surface area contributed by atoms with Crippen molar-refractivity contribution in [3.8, 4) is 5.75 Å². The van der Waals surface area contributed by atoms with Crippen molar-refractivity contribution in [3.05, 3.63) is 29.8 Å². The predicted molar refractivity (Wildman–Crippen MR) is 84.5 cm³/mol. The van der Waals surface area contributed by atoms with Crippen LogP contribution in [0.15, 0.2) is 24.3 Å². The third-order valence-electron chi connectivity index (χ3n) is 3.08. The summed E-state index contributed by atoms with van der Waals surface area (Å²) in [5.41, 5.74) is 1.23. The predicted octanol–water partition coefficient (Wildman–Crippen LogP) is 3.56. The van der Waals surface area contributed by atoms with Crippen molar-refractivity contribution < 1.29 is 9.47 Å². The van der Waals surface area contributed by atoms with E-state index in [0.717, 1.165) is 51.4 Å². The van der Waals surface area contributed by atoms with Crippen molar-refractivity contribution in [2.24, 2.45) is 0 Å². The molecule has 3 nitrogen and oxygen atoms in total. The second-order valence-corrected chi connectivity index (χ2v) is 5.18. The van der Waals surface area contributed by atoms with Crippen molar-refractivity contribution in [3.63, 3.8) is 0 Å². The van der Waals surface area contributed by atoms with Crippen LogP contribution in [-0.2, 0) is 4.74 Å². The van der Waals surface area contributed by atoms with Crippen LogP contribution in [0.5, 0.6) is 5.75 Å². The quantitative estimate of drug-likeness (QED) is 0.628. The normalized spacial score (nSPS) is 12.3. The van der Waals surface area contributed by atoms with E-state index >= 15 is 0 Å². The molecule has 1 atom stereocenters. The molecule has 114 valence electrons. The second kappa shape index (κ2) is 10.7. The van der Waals surface area contributed by atoms with E-state index in [2.05, 4.69) is 38.2 Å². The first-order valence-electron chi connectivity index (χ1n) is 7.76. The summed E-state index contributed by atoms with van der Waals surface area (Å²) in [5, 5.41) is 3.52. The number of benzene rings is 1. The molecule has 0 radical (unpaired) electrons. The van der Waals surface area contributed by atoms with Gasteiger partial charge in [-0.3, -0.25) is 0 Å². The lowest BCUT2D eigenvalue weighted by molar-refractivity contribution is 0.104. The fraction of sp³-hybridized carbons (Fsp3) is 0.647. The average Bonchev–Trinajstić information content (AvgIpc) is 2.44. The van der Waals surface area contributed by atoms with E-state index in [4.69, 9.17) is 9.47 Å². The highest BCUT2D eigenvalue weighted by Crippen LogP contribution is 2.12. The van der Waals surface area contributed by atoms with Gasteiger partial charge in [0.05, 0.1) is 13.2 Å². The van der Waals surface area contributed by atoms with Gasteiger partial charge >= 0.3 is 0 Å². The summed E-state index contributed by atoms with van der Waals surface area (Å²) >= 11 is 0. The van der Waals surface area contributed by atoms with Crippen molar-refractivity contribution >= 4 is 0 Å². The lowest BCUT2D eigenvalue weighted by Crippen LogP contribution is -2.35. The second-order valence-electron chi connectivity index (χ2n) is 5.18. The molecule has 20 heavy (non-hydrogen) atoms. The number of nitrogens with one attached hydrogen (secondary N) is 1. The smallest absolute Gasteiger partial charge is 0.119 e. The largest absolute Gasteiger partial charge is 0.494 e. The molecule has 3 heteroatoms. The van der Waals surface area contributed by atoms with E-state index in [1.807, 2.05) is 12.1 Å². The van der Waals surface area contributed by atoms with E-state index < -0.39 is 0 Å². The molecule has 1 aromatic rings. The Kier molecular flexibility index (Phi) is 9.09. The standard InChI is InChI=1S/C17H29NO2/c1-4-10-18-16(14-19-11-5-2)9-12-20-17-8-6-7-15(3)13-17/h6-8,13,16,18H,4-5,9-12,14H2,1-3H3. The van der Waals surface area contributed by atoms with Gasteiger partial charge in [-0.2, -0.15) is 0 Å². The van der Waals surface area contributed by atoms with Gasteiger partial charge < -0.3 is 14.8 Å². The van der Waals surface area contributed by atoms with Gasteiger partial charge in [0, 0.05) is 12.6 Å². The topological polar surface area (TPSA) is 30.5 Å². The highest BCUT2D eigenvalue weighted by molar-refractivity contribution is 5.27. The Hall–Kier alpha value is -1.06. The lowest BCUT2D eigenvalue weighted by Gasteiger charge is -2.19. The molecule has 0 aliphatic rings. The first-order chi connectivity index (χ1) is 9.76. The van der Waals surface area contributed by atoms with Gasteiger partial charge in [0.1, 0.15) is 5.75 Å². The van der Waals surface area contributed by atoms with Crippen LogP contribution in [-0.4, -0.2) is 32.4 Å². The average molecular weight is 279 g/mol. The summed E-state index contributed by atoms with van der Waals surface area (Å²) < 4.78 is 11.5. The molecular formula is C17H29NO2. The minimum absolute atomic E-state index is 0.381. The van der Waals surface area contributed by atoms with Gasteiger partial charge in [0.25, 0.3) is 0 Å². The van der Waals surface area contributed by atoms with Crippen molar-refractivity contribution in [2.45, 2.75) is 46.1 Å². The first-order valence-corrected chi connectivity index (χ1v) is 7.76. The third kappa shape index (κ3) is 7.51. The molecule has 1 N–H and O–H groups in total. The Morgan fingerprint density at radius 1 is 1.15 bits per heavy atom. The van der Waals surface area contributed by atoms with Gasteiger partial charge in [0.2, 0.25) is 0 Å². The van der Waals surface area contributed by atoms with E-state index in [9.17, 15) is 0 Å². The molecule has 0 aliphatic carbocycles. The number of hydrogen-bond acceptors (Lipinski definition) is 3. The SMILES string of the molecule is CCCNC(CCOc1cccc(C)c1)COCCC. The fourth-order valence-corrected chi connectivity index (χ4v) is 1.99. The van der Waals surface area contributed by atoms with Gasteiger partial charge in [-0.15, -0.1) is 0 Å². The summed E-state index contributed by atoms with van der Waals surface area (Å²) in [6.07, 6.45) is 3.18. The highest BCUT2D eigenvalue weighted by Gasteiger charge is 2.08. The Morgan fingerprint density at radius 3 is 2.70 bits per heavy atom. The molecular weight excluding hydrogens is 250 g/mol. The van der Waals surface area contributed by atoms with Crippen LogP contribution in [0.3, 0.4) is 0 Å². The van der Waals surface area contributed by atoms with Gasteiger partial charge in [-0.1, -0.05) is 26.0 Å². The van der Waals surface area contributed by atoms with Crippen LogP contribution >= 0.6 is 0 Å². The Labute approximate surface area is 123 Å². The van der Waals surface area contributed by atoms with Gasteiger partial charge in [0.15, 0.2) is 0 Å². The minimum Gasteiger partial charge on any atom is -0.494 e. The van der Waals surface area contributed by atoms with Crippen molar-refractivity contribution in [1.82, 2.24) is 5.32 Å². The number of hydrogen-bond donors (Lipinski definition) is 1. The van der Waals surface area contributed by atoms with Crippen molar-refractivity contribution in [1.29, 1.82) is 0 Å². The number of ether oxygens (including phenoxy) is 2. The Balaban J connectivity index is 2.29. The van der Waals surface area contributed by atoms with Gasteiger partial charge in [-0.05, 0) is 50.4 Å². The maximum absolute atomic E-state index is 5.81. The Morgan fingerprint density at radius 2 is 2.00 bits per heavy atom. The zero-order chi connectivity index (χ0) is 14.6. The molecule has 0 saturated heterocycles. The first kappa shape index (κ1) is 17.0.